The van der Waals surface area contributed by atoms with Gasteiger partial charge in [-0.1, -0.05) is 6.07 Å². The molecule has 0 amide bonds. The lowest BCUT2D eigenvalue weighted by Crippen LogP contribution is -2.30. The first-order chi connectivity index (χ1) is 11.3. The average Bonchev–Trinajstić information content (AvgIpc) is 2.52. The highest BCUT2D eigenvalue weighted by molar-refractivity contribution is 5.85. The van der Waals surface area contributed by atoms with Gasteiger partial charge in [0.05, 0.1) is 0 Å². The molecule has 1 aliphatic rings. The van der Waals surface area contributed by atoms with Gasteiger partial charge in [-0.25, -0.2) is 9.78 Å². The highest BCUT2D eigenvalue weighted by Crippen LogP contribution is 2.29. The lowest BCUT2D eigenvalue weighted by atomic mass is 10.0. The maximum atomic E-state index is 12.3. The number of alkyl halides is 3. The van der Waals surface area contributed by atoms with E-state index in [1.165, 1.54) is 30.5 Å². The fraction of sp³-hybridized carbons (Fsp3) is 0.250. The number of hydrogen-bond donors (Lipinski definition) is 1. The molecule has 24 heavy (non-hydrogen) atoms. The first kappa shape index (κ1) is 16.1. The lowest BCUT2D eigenvalue weighted by molar-refractivity contribution is -0.274. The summed E-state index contributed by atoms with van der Waals surface area (Å²) in [7, 11) is 0. The maximum absolute atomic E-state index is 12.3. The van der Waals surface area contributed by atoms with Crippen LogP contribution in [0.25, 0.3) is 0 Å². The van der Waals surface area contributed by atoms with E-state index in [4.69, 9.17) is 5.11 Å². The molecule has 0 atom stereocenters. The van der Waals surface area contributed by atoms with Crippen molar-refractivity contribution in [3.63, 3.8) is 0 Å². The number of fused-ring (bicyclic) bond motifs is 1. The SMILES string of the molecule is O=C(O)c1cc2c(cn1)CN(c1cccc(OC(F)(F)F)c1)CC2. The first-order valence-electron chi connectivity index (χ1n) is 7.14. The summed E-state index contributed by atoms with van der Waals surface area (Å²) in [4.78, 5) is 16.7. The molecular weight excluding hydrogens is 325 g/mol. The van der Waals surface area contributed by atoms with Gasteiger partial charge >= 0.3 is 12.3 Å². The van der Waals surface area contributed by atoms with Crippen molar-refractivity contribution in [2.24, 2.45) is 0 Å². The molecule has 0 spiro atoms. The molecule has 0 fully saturated rings. The van der Waals surface area contributed by atoms with Crippen LogP contribution >= 0.6 is 0 Å². The van der Waals surface area contributed by atoms with Crippen LogP contribution in [0.3, 0.4) is 0 Å². The minimum absolute atomic E-state index is 0.0113. The van der Waals surface area contributed by atoms with Crippen molar-refractivity contribution < 1.29 is 27.8 Å². The number of benzene rings is 1. The number of carbonyl (C=O) groups is 1. The third-order valence-corrected chi connectivity index (χ3v) is 3.73. The minimum Gasteiger partial charge on any atom is -0.477 e. The van der Waals surface area contributed by atoms with Gasteiger partial charge in [0, 0.05) is 31.0 Å². The molecule has 1 aromatic carbocycles. The number of nitrogens with zero attached hydrogens (tertiary/aromatic N) is 2. The monoisotopic (exact) mass is 338 g/mol. The highest BCUT2D eigenvalue weighted by Gasteiger charge is 2.31. The molecule has 1 aliphatic heterocycles. The Kier molecular flexibility index (Phi) is 4.04. The van der Waals surface area contributed by atoms with E-state index in [9.17, 15) is 18.0 Å². The molecule has 126 valence electrons. The Hall–Kier alpha value is -2.77. The number of anilines is 1. The van der Waals surface area contributed by atoms with Gasteiger partial charge < -0.3 is 14.7 Å². The standard InChI is InChI=1S/C16H13F3N2O3/c17-16(18,19)24-13-3-1-2-12(7-13)21-5-4-10-6-14(15(22)23)20-8-11(10)9-21/h1-3,6-8H,4-5,9H2,(H,22,23). The predicted octanol–water partition coefficient (Wildman–Crippen LogP) is 3.24. The Morgan fingerprint density at radius 2 is 2.04 bits per heavy atom. The molecule has 2 heterocycles. The second kappa shape index (κ2) is 6.03. The van der Waals surface area contributed by atoms with Crippen molar-refractivity contribution in [3.05, 3.63) is 53.3 Å². The summed E-state index contributed by atoms with van der Waals surface area (Å²) >= 11 is 0. The fourth-order valence-electron chi connectivity index (χ4n) is 2.66. The number of hydrogen-bond acceptors (Lipinski definition) is 4. The summed E-state index contributed by atoms with van der Waals surface area (Å²) in [6.45, 7) is 1.00. The molecule has 0 aliphatic carbocycles. The smallest absolute Gasteiger partial charge is 0.477 e. The summed E-state index contributed by atoms with van der Waals surface area (Å²) < 4.78 is 40.9. The quantitative estimate of drug-likeness (QED) is 0.931. The maximum Gasteiger partial charge on any atom is 0.573 e. The van der Waals surface area contributed by atoms with E-state index in [1.807, 2.05) is 4.90 Å². The summed E-state index contributed by atoms with van der Waals surface area (Å²) in [6.07, 6.45) is -2.65. The van der Waals surface area contributed by atoms with Crippen molar-refractivity contribution in [2.75, 3.05) is 11.4 Å². The summed E-state index contributed by atoms with van der Waals surface area (Å²) in [5.74, 6) is -1.36. The van der Waals surface area contributed by atoms with E-state index < -0.39 is 12.3 Å². The average molecular weight is 338 g/mol. The van der Waals surface area contributed by atoms with Gasteiger partial charge in [-0.15, -0.1) is 13.2 Å². The van der Waals surface area contributed by atoms with Gasteiger partial charge in [-0.05, 0) is 35.7 Å². The Bertz CT molecular complexity index is 777. The van der Waals surface area contributed by atoms with Crippen LogP contribution in [-0.4, -0.2) is 29.0 Å². The Balaban J connectivity index is 1.80. The zero-order valence-corrected chi connectivity index (χ0v) is 12.4. The topological polar surface area (TPSA) is 62.7 Å². The summed E-state index contributed by atoms with van der Waals surface area (Å²) in [5, 5.41) is 8.96. The number of aromatic nitrogens is 1. The van der Waals surface area contributed by atoms with Crippen LogP contribution in [0.1, 0.15) is 21.6 Å². The predicted molar refractivity (Wildman–Crippen MR) is 79.1 cm³/mol. The van der Waals surface area contributed by atoms with Crippen LogP contribution in [0.2, 0.25) is 0 Å². The van der Waals surface area contributed by atoms with E-state index in [2.05, 4.69) is 9.72 Å². The molecule has 3 rings (SSSR count). The summed E-state index contributed by atoms with van der Waals surface area (Å²) in [5.41, 5.74) is 2.34. The molecule has 1 aromatic heterocycles. The van der Waals surface area contributed by atoms with E-state index >= 15 is 0 Å². The summed E-state index contributed by atoms with van der Waals surface area (Å²) in [6, 6.07) is 7.32. The fourth-order valence-corrected chi connectivity index (χ4v) is 2.66. The third-order valence-electron chi connectivity index (χ3n) is 3.73. The number of rotatable bonds is 3. The van der Waals surface area contributed by atoms with Crippen LogP contribution in [0.4, 0.5) is 18.9 Å². The van der Waals surface area contributed by atoms with Gasteiger partial charge in [-0.2, -0.15) is 0 Å². The minimum atomic E-state index is -4.73. The zero-order chi connectivity index (χ0) is 17.3. The number of halogens is 3. The molecule has 0 saturated carbocycles. The molecule has 5 nitrogen and oxygen atoms in total. The number of carboxylic acid groups (broad SMARTS) is 1. The largest absolute Gasteiger partial charge is 0.573 e. The molecule has 1 N–H and O–H groups in total. The van der Waals surface area contributed by atoms with Crippen molar-refractivity contribution in [1.82, 2.24) is 4.98 Å². The van der Waals surface area contributed by atoms with Crippen LogP contribution < -0.4 is 9.64 Å². The number of ether oxygens (including phenoxy) is 1. The molecule has 8 heteroatoms. The lowest BCUT2D eigenvalue weighted by Gasteiger charge is -2.30. The van der Waals surface area contributed by atoms with Crippen molar-refractivity contribution in [1.29, 1.82) is 0 Å². The van der Waals surface area contributed by atoms with E-state index in [-0.39, 0.29) is 11.4 Å². The Morgan fingerprint density at radius 1 is 1.25 bits per heavy atom. The highest BCUT2D eigenvalue weighted by atomic mass is 19.4. The van der Waals surface area contributed by atoms with Crippen LogP contribution in [0, 0.1) is 0 Å². The van der Waals surface area contributed by atoms with Crippen LogP contribution in [-0.2, 0) is 13.0 Å². The molecular formula is C16H13F3N2O3. The second-order valence-corrected chi connectivity index (χ2v) is 5.36. The van der Waals surface area contributed by atoms with Gasteiger partial charge in [0.1, 0.15) is 11.4 Å². The zero-order valence-electron chi connectivity index (χ0n) is 12.4. The van der Waals surface area contributed by atoms with Crippen LogP contribution in [0.5, 0.6) is 5.75 Å². The third kappa shape index (κ3) is 3.58. The molecule has 0 unspecified atom stereocenters. The van der Waals surface area contributed by atoms with E-state index in [1.54, 1.807) is 6.07 Å². The van der Waals surface area contributed by atoms with E-state index in [0.29, 0.717) is 25.2 Å². The Labute approximate surface area is 135 Å². The van der Waals surface area contributed by atoms with Crippen molar-refractivity contribution in [3.8, 4) is 5.75 Å². The Morgan fingerprint density at radius 3 is 2.75 bits per heavy atom. The van der Waals surface area contributed by atoms with Crippen LogP contribution in [0.15, 0.2) is 36.5 Å². The van der Waals surface area contributed by atoms with Crippen molar-refractivity contribution in [2.45, 2.75) is 19.3 Å². The normalized spacial score (nSPS) is 14.2. The molecule has 0 bridgehead atoms. The second-order valence-electron chi connectivity index (χ2n) is 5.36. The molecule has 2 aromatic rings. The molecule has 0 saturated heterocycles. The van der Waals surface area contributed by atoms with Gasteiger partial charge in [0.25, 0.3) is 0 Å². The van der Waals surface area contributed by atoms with Crippen molar-refractivity contribution >= 4 is 11.7 Å². The van der Waals surface area contributed by atoms with Gasteiger partial charge in [0.15, 0.2) is 0 Å². The number of carboxylic acids is 1. The molecule has 0 radical (unpaired) electrons. The van der Waals surface area contributed by atoms with Gasteiger partial charge in [0.2, 0.25) is 0 Å². The van der Waals surface area contributed by atoms with E-state index in [0.717, 1.165) is 11.1 Å². The first-order valence-corrected chi connectivity index (χ1v) is 7.14. The van der Waals surface area contributed by atoms with Gasteiger partial charge in [-0.3, -0.25) is 0 Å². The number of pyridine rings is 1. The number of aromatic carboxylic acids is 1.